The van der Waals surface area contributed by atoms with Gasteiger partial charge in [-0.2, -0.15) is 0 Å². The molecule has 1 aliphatic rings. The van der Waals surface area contributed by atoms with Gasteiger partial charge in [0.1, 0.15) is 5.65 Å². The predicted molar refractivity (Wildman–Crippen MR) is 125 cm³/mol. The molecule has 31 heavy (non-hydrogen) atoms. The van der Waals surface area contributed by atoms with Crippen LogP contribution in [0.1, 0.15) is 47.1 Å². The molecule has 1 aliphatic heterocycles. The molecule has 1 atom stereocenters. The lowest BCUT2D eigenvalue weighted by molar-refractivity contribution is 0.0821. The zero-order valence-corrected chi connectivity index (χ0v) is 19.0. The lowest BCUT2D eigenvalue weighted by Gasteiger charge is -2.35. The molecule has 0 saturated carbocycles. The van der Waals surface area contributed by atoms with Crippen molar-refractivity contribution in [1.82, 2.24) is 24.5 Å². The average molecular weight is 440 g/mol. The van der Waals surface area contributed by atoms with Crippen LogP contribution in [0.15, 0.2) is 48.7 Å². The number of pyridine rings is 1. The topological polar surface area (TPSA) is 52.9 Å². The number of hydrogen-bond donors (Lipinski definition) is 1. The highest BCUT2D eigenvalue weighted by Gasteiger charge is 2.24. The summed E-state index contributed by atoms with van der Waals surface area (Å²) in [5, 5.41) is 4.23. The van der Waals surface area contributed by atoms with E-state index in [0.717, 1.165) is 31.0 Å². The minimum atomic E-state index is -0.104. The fraction of sp³-hybridized carbons (Fsp3) is 0.417. The van der Waals surface area contributed by atoms with Crippen LogP contribution in [0.4, 0.5) is 0 Å². The molecule has 1 N–H and O–H groups in total. The first-order chi connectivity index (χ1) is 15.0. The van der Waals surface area contributed by atoms with Crippen molar-refractivity contribution in [3.05, 3.63) is 70.6 Å². The number of carbonyl (C=O) groups is 1. The molecule has 3 aromatic rings. The fourth-order valence-electron chi connectivity index (χ4n) is 4.31. The average Bonchev–Trinajstić information content (AvgIpc) is 3.14. The molecule has 2 aromatic heterocycles. The molecule has 6 nitrogen and oxygen atoms in total. The Bertz CT molecular complexity index is 1030. The quantitative estimate of drug-likeness (QED) is 0.604. The van der Waals surface area contributed by atoms with Crippen molar-refractivity contribution in [3.8, 4) is 0 Å². The van der Waals surface area contributed by atoms with Gasteiger partial charge in [-0.25, -0.2) is 4.98 Å². The molecule has 4 rings (SSSR count). The number of fused-ring (bicyclic) bond motifs is 1. The molecule has 1 aromatic carbocycles. The van der Waals surface area contributed by atoms with Gasteiger partial charge >= 0.3 is 0 Å². The van der Waals surface area contributed by atoms with Gasteiger partial charge in [-0.05, 0) is 43.6 Å². The van der Waals surface area contributed by atoms with Crippen LogP contribution in [0.5, 0.6) is 0 Å². The number of nitrogens with zero attached hydrogens (tertiary/aromatic N) is 4. The highest BCUT2D eigenvalue weighted by Crippen LogP contribution is 2.24. The Morgan fingerprint density at radius 3 is 2.58 bits per heavy atom. The van der Waals surface area contributed by atoms with Gasteiger partial charge in [0.2, 0.25) is 0 Å². The number of rotatable bonds is 7. The zero-order valence-electron chi connectivity index (χ0n) is 18.2. The van der Waals surface area contributed by atoms with Crippen molar-refractivity contribution in [3.63, 3.8) is 0 Å². The SMILES string of the molecule is CN(C)C(=O)c1nc2ccc(Cl)cn2c1CNCC(c1ccccc1)N1CCCCC1. The van der Waals surface area contributed by atoms with E-state index in [1.807, 2.05) is 16.7 Å². The van der Waals surface area contributed by atoms with Crippen LogP contribution >= 0.6 is 11.6 Å². The van der Waals surface area contributed by atoms with E-state index < -0.39 is 0 Å². The van der Waals surface area contributed by atoms with Gasteiger partial charge in [0.05, 0.1) is 10.7 Å². The molecule has 0 spiro atoms. The van der Waals surface area contributed by atoms with Gasteiger partial charge in [-0.3, -0.25) is 9.69 Å². The van der Waals surface area contributed by atoms with E-state index in [0.29, 0.717) is 23.3 Å². The van der Waals surface area contributed by atoms with Crippen LogP contribution in [0, 0.1) is 0 Å². The first-order valence-corrected chi connectivity index (χ1v) is 11.3. The minimum Gasteiger partial charge on any atom is -0.343 e. The fourth-order valence-corrected chi connectivity index (χ4v) is 4.47. The summed E-state index contributed by atoms with van der Waals surface area (Å²) in [4.78, 5) is 21.5. The van der Waals surface area contributed by atoms with E-state index in [-0.39, 0.29) is 5.91 Å². The number of likely N-dealkylation sites (tertiary alicyclic amines) is 1. The van der Waals surface area contributed by atoms with Gasteiger partial charge in [0, 0.05) is 39.4 Å². The molecule has 3 heterocycles. The number of carbonyl (C=O) groups excluding carboxylic acids is 1. The molecule has 0 radical (unpaired) electrons. The van der Waals surface area contributed by atoms with Crippen molar-refractivity contribution < 1.29 is 4.79 Å². The van der Waals surface area contributed by atoms with Crippen LogP contribution in [0.2, 0.25) is 5.02 Å². The Kier molecular flexibility index (Phi) is 6.90. The molecule has 1 saturated heterocycles. The summed E-state index contributed by atoms with van der Waals surface area (Å²) in [6.45, 7) is 3.58. The molecule has 1 fully saturated rings. The van der Waals surface area contributed by atoms with Gasteiger partial charge in [0.15, 0.2) is 5.69 Å². The third-order valence-electron chi connectivity index (χ3n) is 5.94. The number of hydrogen-bond acceptors (Lipinski definition) is 4. The van der Waals surface area contributed by atoms with Gasteiger partial charge in [0.25, 0.3) is 5.91 Å². The van der Waals surface area contributed by atoms with Crippen molar-refractivity contribution in [1.29, 1.82) is 0 Å². The second-order valence-corrected chi connectivity index (χ2v) is 8.77. The summed E-state index contributed by atoms with van der Waals surface area (Å²) in [6, 6.07) is 14.6. The van der Waals surface area contributed by atoms with Gasteiger partial charge < -0.3 is 14.6 Å². The molecule has 7 heteroatoms. The number of aromatic nitrogens is 2. The van der Waals surface area contributed by atoms with Crippen molar-refractivity contribution in [2.24, 2.45) is 0 Å². The summed E-state index contributed by atoms with van der Waals surface area (Å²) in [5.41, 5.74) is 3.35. The number of amides is 1. The standard InChI is InChI=1S/C24H30ClN5O/c1-28(2)24(31)23-21(30-17-19(25)11-12-22(30)27-23)16-26-15-20(18-9-5-3-6-10-18)29-13-7-4-8-14-29/h3,5-6,9-12,17,20,26H,4,7-8,13-16H2,1-2H3. The molecule has 0 aliphatic carbocycles. The minimum absolute atomic E-state index is 0.104. The third kappa shape index (κ3) is 4.92. The summed E-state index contributed by atoms with van der Waals surface area (Å²) >= 11 is 6.24. The van der Waals surface area contributed by atoms with Gasteiger partial charge in [-0.15, -0.1) is 0 Å². The molecule has 1 unspecified atom stereocenters. The third-order valence-corrected chi connectivity index (χ3v) is 6.16. The lowest BCUT2D eigenvalue weighted by atomic mass is 10.0. The van der Waals surface area contributed by atoms with Crippen LogP contribution in [0.25, 0.3) is 5.65 Å². The van der Waals surface area contributed by atoms with Crippen molar-refractivity contribution in [2.75, 3.05) is 33.7 Å². The number of halogens is 1. The second kappa shape index (κ2) is 9.81. The van der Waals surface area contributed by atoms with E-state index in [9.17, 15) is 4.79 Å². The maximum absolute atomic E-state index is 12.8. The molecular formula is C24H30ClN5O. The van der Waals surface area contributed by atoms with Crippen LogP contribution < -0.4 is 5.32 Å². The number of piperidine rings is 1. The van der Waals surface area contributed by atoms with Gasteiger partial charge in [-0.1, -0.05) is 48.4 Å². The largest absolute Gasteiger partial charge is 0.343 e. The Hall–Kier alpha value is -2.41. The Labute approximate surface area is 188 Å². The highest BCUT2D eigenvalue weighted by molar-refractivity contribution is 6.30. The van der Waals surface area contributed by atoms with Crippen molar-refractivity contribution in [2.45, 2.75) is 31.8 Å². The first-order valence-electron chi connectivity index (χ1n) is 10.9. The van der Waals surface area contributed by atoms with Crippen molar-refractivity contribution >= 4 is 23.2 Å². The number of imidazole rings is 1. The first kappa shape index (κ1) is 21.8. The van der Waals surface area contributed by atoms with Crippen LogP contribution in [-0.2, 0) is 6.54 Å². The van der Waals surface area contributed by atoms with Crippen LogP contribution in [-0.4, -0.2) is 58.8 Å². The molecule has 164 valence electrons. The smallest absolute Gasteiger partial charge is 0.273 e. The molecule has 1 amide bonds. The van der Waals surface area contributed by atoms with E-state index in [1.165, 1.54) is 24.8 Å². The lowest BCUT2D eigenvalue weighted by Crippen LogP contribution is -2.39. The normalized spacial score (nSPS) is 15.8. The van der Waals surface area contributed by atoms with E-state index in [4.69, 9.17) is 11.6 Å². The highest BCUT2D eigenvalue weighted by atomic mass is 35.5. The van der Waals surface area contributed by atoms with E-state index >= 15 is 0 Å². The Morgan fingerprint density at radius 2 is 1.87 bits per heavy atom. The molecule has 0 bridgehead atoms. The maximum atomic E-state index is 12.8. The Balaban J connectivity index is 1.57. The predicted octanol–water partition coefficient (Wildman–Crippen LogP) is 4.01. The number of nitrogens with one attached hydrogen (secondary N) is 1. The maximum Gasteiger partial charge on any atom is 0.273 e. The molecular weight excluding hydrogens is 410 g/mol. The van der Waals surface area contributed by atoms with E-state index in [1.54, 1.807) is 25.1 Å². The summed E-state index contributed by atoms with van der Waals surface area (Å²) < 4.78 is 1.92. The summed E-state index contributed by atoms with van der Waals surface area (Å²) in [7, 11) is 3.50. The van der Waals surface area contributed by atoms with Crippen LogP contribution in [0.3, 0.4) is 0 Å². The second-order valence-electron chi connectivity index (χ2n) is 8.34. The Morgan fingerprint density at radius 1 is 1.13 bits per heavy atom. The van der Waals surface area contributed by atoms with E-state index in [2.05, 4.69) is 45.5 Å². The zero-order chi connectivity index (χ0) is 21.8. The summed E-state index contributed by atoms with van der Waals surface area (Å²) in [6.07, 6.45) is 5.63. The summed E-state index contributed by atoms with van der Waals surface area (Å²) in [5.74, 6) is -0.104. The number of benzene rings is 1. The monoisotopic (exact) mass is 439 g/mol.